The molecule has 0 spiro atoms. The van der Waals surface area contributed by atoms with Gasteiger partial charge in [0.1, 0.15) is 6.10 Å². The Balaban J connectivity index is 2.49. The van der Waals surface area contributed by atoms with Gasteiger partial charge < -0.3 is 9.47 Å². The summed E-state index contributed by atoms with van der Waals surface area (Å²) in [6.07, 6.45) is 0.227. The Labute approximate surface area is 71.4 Å². The fourth-order valence-electron chi connectivity index (χ4n) is 0.832. The molecule has 2 atom stereocenters. The van der Waals surface area contributed by atoms with E-state index in [1.54, 1.807) is 0 Å². The summed E-state index contributed by atoms with van der Waals surface area (Å²) in [7, 11) is -4.12. The lowest BCUT2D eigenvalue weighted by Crippen LogP contribution is -2.29. The number of hydrogen-bond acceptors (Lipinski definition) is 4. The van der Waals surface area contributed by atoms with Crippen LogP contribution >= 0.6 is 0 Å². The van der Waals surface area contributed by atoms with Crippen LogP contribution in [0.15, 0.2) is 0 Å². The first-order chi connectivity index (χ1) is 5.55. The van der Waals surface area contributed by atoms with E-state index < -0.39 is 21.7 Å². The maximum absolute atomic E-state index is 10.7. The quantitative estimate of drug-likeness (QED) is 0.495. The molecule has 1 N–H and O–H groups in total. The molecule has 0 aromatic carbocycles. The summed E-state index contributed by atoms with van der Waals surface area (Å²) in [5, 5.41) is 0. The zero-order valence-corrected chi connectivity index (χ0v) is 7.58. The van der Waals surface area contributed by atoms with Gasteiger partial charge in [-0.2, -0.15) is 8.42 Å². The van der Waals surface area contributed by atoms with E-state index in [0.717, 1.165) is 0 Å². The molecule has 1 saturated heterocycles. The Kier molecular flexibility index (Phi) is 3.05. The van der Waals surface area contributed by atoms with E-state index in [0.29, 0.717) is 19.6 Å². The fraction of sp³-hybridized carbons (Fsp3) is 1.00. The first kappa shape index (κ1) is 9.91. The predicted molar refractivity (Wildman–Crippen MR) is 41.3 cm³/mol. The normalized spacial score (nSPS) is 25.3. The summed E-state index contributed by atoms with van der Waals surface area (Å²) in [5.74, 6) is 0. The van der Waals surface area contributed by atoms with Crippen molar-refractivity contribution in [3.05, 3.63) is 0 Å². The second-order valence-corrected chi connectivity index (χ2v) is 4.12. The molecule has 0 amide bonds. The van der Waals surface area contributed by atoms with Crippen LogP contribution in [0.5, 0.6) is 0 Å². The van der Waals surface area contributed by atoms with Gasteiger partial charge in [0.2, 0.25) is 5.44 Å². The Bertz CT molecular complexity index is 230. The summed E-state index contributed by atoms with van der Waals surface area (Å²) in [4.78, 5) is 0. The smallest absolute Gasteiger partial charge is 0.295 e. The third-order valence-corrected chi connectivity index (χ3v) is 2.47. The molecule has 2 unspecified atom stereocenters. The van der Waals surface area contributed by atoms with Gasteiger partial charge in [0.25, 0.3) is 10.1 Å². The molecule has 72 valence electrons. The average molecular weight is 196 g/mol. The molecule has 0 bridgehead atoms. The Morgan fingerprint density at radius 2 is 2.33 bits per heavy atom. The van der Waals surface area contributed by atoms with Crippen LogP contribution in [0.3, 0.4) is 0 Å². The molecule has 6 heteroatoms. The minimum Gasteiger partial charge on any atom is -0.369 e. The van der Waals surface area contributed by atoms with Crippen LogP contribution in [-0.4, -0.2) is 37.7 Å². The van der Waals surface area contributed by atoms with Crippen LogP contribution in [0, 0.1) is 0 Å². The molecule has 0 aromatic heterocycles. The molecule has 1 rings (SSSR count). The molecule has 0 saturated carbocycles. The topological polar surface area (TPSA) is 76.1 Å². The van der Waals surface area contributed by atoms with Crippen molar-refractivity contribution in [2.45, 2.75) is 24.9 Å². The molecule has 1 aliphatic rings. The van der Waals surface area contributed by atoms with Gasteiger partial charge in [-0.1, -0.05) is 6.92 Å². The van der Waals surface area contributed by atoms with E-state index in [9.17, 15) is 8.42 Å². The number of hydrogen-bond donors (Lipinski definition) is 1. The van der Waals surface area contributed by atoms with Crippen molar-refractivity contribution >= 4 is 10.1 Å². The van der Waals surface area contributed by atoms with Crippen molar-refractivity contribution in [3.8, 4) is 0 Å². The van der Waals surface area contributed by atoms with E-state index >= 15 is 0 Å². The van der Waals surface area contributed by atoms with Gasteiger partial charge >= 0.3 is 0 Å². The second kappa shape index (κ2) is 3.69. The predicted octanol–water partition coefficient (Wildman–Crippen LogP) is 0.0257. The zero-order chi connectivity index (χ0) is 9.19. The highest BCUT2D eigenvalue weighted by Gasteiger charge is 2.41. The minimum atomic E-state index is -4.12. The summed E-state index contributed by atoms with van der Waals surface area (Å²) < 4.78 is 39.7. The molecule has 1 fully saturated rings. The van der Waals surface area contributed by atoms with Gasteiger partial charge in [-0.25, -0.2) is 0 Å². The Hall–Kier alpha value is -0.170. The summed E-state index contributed by atoms with van der Waals surface area (Å²) in [6.45, 7) is 2.51. The fourth-order valence-corrected chi connectivity index (χ4v) is 1.64. The minimum absolute atomic E-state index is 0.310. The van der Waals surface area contributed by atoms with E-state index in [1.165, 1.54) is 0 Å². The molecule has 0 aromatic rings. The average Bonchev–Trinajstić information content (AvgIpc) is 2.69. The first-order valence-corrected chi connectivity index (χ1v) is 5.25. The summed E-state index contributed by atoms with van der Waals surface area (Å²) in [6, 6.07) is 0. The molecule has 0 aliphatic carbocycles. The molecule has 1 aliphatic heterocycles. The number of ether oxygens (including phenoxy) is 2. The van der Waals surface area contributed by atoms with Gasteiger partial charge in [0, 0.05) is 6.61 Å². The molecule has 12 heavy (non-hydrogen) atoms. The van der Waals surface area contributed by atoms with Crippen LogP contribution in [0.25, 0.3) is 0 Å². The van der Waals surface area contributed by atoms with E-state index in [2.05, 4.69) is 0 Å². The van der Waals surface area contributed by atoms with Crippen LogP contribution in [0.1, 0.15) is 13.3 Å². The number of rotatable bonds is 5. The highest BCUT2D eigenvalue weighted by atomic mass is 32.2. The van der Waals surface area contributed by atoms with Gasteiger partial charge in [-0.15, -0.1) is 0 Å². The first-order valence-electron chi connectivity index (χ1n) is 3.75. The molecular weight excluding hydrogens is 184 g/mol. The SMILES string of the molecule is CCCOC(C1CO1)S(=O)(=O)O. The largest absolute Gasteiger partial charge is 0.369 e. The van der Waals surface area contributed by atoms with Gasteiger partial charge in [0.05, 0.1) is 6.61 Å². The Morgan fingerprint density at radius 3 is 2.67 bits per heavy atom. The van der Waals surface area contributed by atoms with Crippen molar-refractivity contribution in [2.75, 3.05) is 13.2 Å². The number of epoxide rings is 1. The third-order valence-electron chi connectivity index (χ3n) is 1.44. The standard InChI is InChI=1S/C6H12O5S/c1-2-3-10-6(5-4-11-5)12(7,8)9/h5-6H,2-4H2,1H3,(H,7,8,9). The molecule has 0 radical (unpaired) electrons. The van der Waals surface area contributed by atoms with Crippen LogP contribution < -0.4 is 0 Å². The van der Waals surface area contributed by atoms with Crippen molar-refractivity contribution < 1.29 is 22.4 Å². The zero-order valence-electron chi connectivity index (χ0n) is 6.76. The van der Waals surface area contributed by atoms with Crippen LogP contribution in [0.4, 0.5) is 0 Å². The maximum Gasteiger partial charge on any atom is 0.295 e. The lowest BCUT2D eigenvalue weighted by atomic mass is 10.5. The lowest BCUT2D eigenvalue weighted by molar-refractivity contribution is 0.0793. The van der Waals surface area contributed by atoms with Crippen LogP contribution in [-0.2, 0) is 19.6 Å². The van der Waals surface area contributed by atoms with Crippen LogP contribution in [0.2, 0.25) is 0 Å². The van der Waals surface area contributed by atoms with Crippen molar-refractivity contribution in [2.24, 2.45) is 0 Å². The maximum atomic E-state index is 10.7. The van der Waals surface area contributed by atoms with Crippen molar-refractivity contribution in [3.63, 3.8) is 0 Å². The molecule has 5 nitrogen and oxygen atoms in total. The van der Waals surface area contributed by atoms with E-state index in [4.69, 9.17) is 14.0 Å². The van der Waals surface area contributed by atoms with Gasteiger partial charge in [-0.3, -0.25) is 4.55 Å². The summed E-state index contributed by atoms with van der Waals surface area (Å²) >= 11 is 0. The highest BCUT2D eigenvalue weighted by molar-refractivity contribution is 7.86. The van der Waals surface area contributed by atoms with Gasteiger partial charge in [0.15, 0.2) is 0 Å². The Morgan fingerprint density at radius 1 is 1.75 bits per heavy atom. The lowest BCUT2D eigenvalue weighted by Gasteiger charge is -2.10. The second-order valence-electron chi connectivity index (χ2n) is 2.63. The molecular formula is C6H12O5S. The highest BCUT2D eigenvalue weighted by Crippen LogP contribution is 2.20. The van der Waals surface area contributed by atoms with Gasteiger partial charge in [-0.05, 0) is 6.42 Å². The van der Waals surface area contributed by atoms with E-state index in [-0.39, 0.29) is 0 Å². The van der Waals surface area contributed by atoms with Crippen molar-refractivity contribution in [1.29, 1.82) is 0 Å². The monoisotopic (exact) mass is 196 g/mol. The van der Waals surface area contributed by atoms with E-state index in [1.807, 2.05) is 6.92 Å². The molecule has 1 heterocycles. The van der Waals surface area contributed by atoms with Crippen molar-refractivity contribution in [1.82, 2.24) is 0 Å². The third kappa shape index (κ3) is 2.71. The summed E-state index contributed by atoms with van der Waals surface area (Å²) in [5.41, 5.74) is -1.20.